The Morgan fingerprint density at radius 1 is 1.08 bits per heavy atom. The number of anilines is 3. The quantitative estimate of drug-likeness (QED) is 0.377. The Labute approximate surface area is 171 Å². The van der Waals surface area contributed by atoms with Crippen LogP contribution >= 0.6 is 33.9 Å². The van der Waals surface area contributed by atoms with Crippen LogP contribution in [-0.4, -0.2) is 24.9 Å². The van der Waals surface area contributed by atoms with Gasteiger partial charge in [0.25, 0.3) is 0 Å². The van der Waals surface area contributed by atoms with Gasteiger partial charge in [-0.2, -0.15) is 0 Å². The summed E-state index contributed by atoms with van der Waals surface area (Å²) < 4.78 is 0.809. The first-order valence-corrected chi connectivity index (χ1v) is 11.0. The number of para-hydroxylation sites is 1. The lowest BCUT2D eigenvalue weighted by molar-refractivity contribution is 0.482. The van der Waals surface area contributed by atoms with Crippen molar-refractivity contribution >= 4 is 60.9 Å². The number of hydrogen-bond donors (Lipinski definition) is 2. The highest BCUT2D eigenvalue weighted by Crippen LogP contribution is 2.33. The Morgan fingerprint density at radius 2 is 1.81 bits per heavy atom. The highest BCUT2D eigenvalue weighted by atomic mass is 127. The average Bonchev–Trinajstić information content (AvgIpc) is 3.04. The van der Waals surface area contributed by atoms with Crippen LogP contribution in [0, 0.1) is 13.8 Å². The SMILES string of the molecule is Cc1cccc(C)c1Nc1nc2c(NC3CCC(I)CC3)ncnc2s1. The van der Waals surface area contributed by atoms with Crippen LogP contribution in [-0.2, 0) is 0 Å². The van der Waals surface area contributed by atoms with E-state index in [4.69, 9.17) is 4.98 Å². The number of nitrogens with zero attached hydrogens (tertiary/aromatic N) is 3. The molecule has 1 aliphatic rings. The summed E-state index contributed by atoms with van der Waals surface area (Å²) in [5.74, 6) is 0.859. The molecule has 0 amide bonds. The Balaban J connectivity index is 1.59. The number of rotatable bonds is 4. The van der Waals surface area contributed by atoms with E-state index < -0.39 is 0 Å². The minimum Gasteiger partial charge on any atom is -0.365 e. The van der Waals surface area contributed by atoms with Gasteiger partial charge in [-0.05, 0) is 50.7 Å². The van der Waals surface area contributed by atoms with E-state index >= 15 is 0 Å². The summed E-state index contributed by atoms with van der Waals surface area (Å²) in [6.45, 7) is 4.22. The number of nitrogens with one attached hydrogen (secondary N) is 2. The molecule has 1 saturated carbocycles. The van der Waals surface area contributed by atoms with E-state index in [2.05, 4.69) is 75.2 Å². The van der Waals surface area contributed by atoms with Crippen molar-refractivity contribution in [2.24, 2.45) is 0 Å². The standard InChI is InChI=1S/C19H22IN5S/c1-11-4-3-5-12(2)15(11)24-19-25-16-17(21-10-22-18(16)26-19)23-14-8-6-13(20)7-9-14/h3-5,10,13-14H,6-9H2,1-2H3,(H,24,25)(H,21,22,23). The minimum absolute atomic E-state index is 0.482. The van der Waals surface area contributed by atoms with Gasteiger partial charge in [0.2, 0.25) is 0 Å². The van der Waals surface area contributed by atoms with Gasteiger partial charge >= 0.3 is 0 Å². The van der Waals surface area contributed by atoms with Crippen molar-refractivity contribution in [3.63, 3.8) is 0 Å². The molecule has 2 aromatic heterocycles. The van der Waals surface area contributed by atoms with E-state index in [-0.39, 0.29) is 0 Å². The zero-order valence-electron chi connectivity index (χ0n) is 14.9. The zero-order valence-corrected chi connectivity index (χ0v) is 17.9. The fraction of sp³-hybridized carbons (Fsp3) is 0.421. The molecule has 0 bridgehead atoms. The summed E-state index contributed by atoms with van der Waals surface area (Å²) in [5.41, 5.74) is 4.41. The molecule has 1 aliphatic carbocycles. The fourth-order valence-corrected chi connectivity index (χ4v) is 4.95. The molecule has 0 atom stereocenters. The van der Waals surface area contributed by atoms with E-state index in [1.165, 1.54) is 36.8 Å². The van der Waals surface area contributed by atoms with Crippen LogP contribution in [0.5, 0.6) is 0 Å². The molecule has 136 valence electrons. The molecule has 0 spiro atoms. The molecule has 1 fully saturated rings. The predicted octanol–water partition coefficient (Wildman–Crippen LogP) is 5.60. The van der Waals surface area contributed by atoms with Gasteiger partial charge < -0.3 is 10.6 Å². The lowest BCUT2D eigenvalue weighted by atomic mass is 9.95. The normalized spacial score (nSPS) is 20.3. The highest BCUT2D eigenvalue weighted by molar-refractivity contribution is 14.1. The Morgan fingerprint density at radius 3 is 2.54 bits per heavy atom. The van der Waals surface area contributed by atoms with Crippen LogP contribution in [0.25, 0.3) is 10.3 Å². The van der Waals surface area contributed by atoms with Crippen LogP contribution in [0.1, 0.15) is 36.8 Å². The van der Waals surface area contributed by atoms with Crippen molar-refractivity contribution in [2.45, 2.75) is 49.5 Å². The van der Waals surface area contributed by atoms with Gasteiger partial charge in [0, 0.05) is 15.7 Å². The Kier molecular flexibility index (Phi) is 5.26. The van der Waals surface area contributed by atoms with Crippen molar-refractivity contribution in [3.05, 3.63) is 35.7 Å². The third-order valence-corrected chi connectivity index (χ3v) is 7.03. The van der Waals surface area contributed by atoms with Crippen LogP contribution in [0.3, 0.4) is 0 Å². The molecule has 7 heteroatoms. The maximum Gasteiger partial charge on any atom is 0.189 e. The number of hydrogen-bond acceptors (Lipinski definition) is 6. The van der Waals surface area contributed by atoms with E-state index in [0.717, 1.165) is 30.9 Å². The third-order valence-electron chi connectivity index (χ3n) is 4.91. The van der Waals surface area contributed by atoms with Gasteiger partial charge in [-0.25, -0.2) is 15.0 Å². The molecule has 0 radical (unpaired) electrons. The van der Waals surface area contributed by atoms with E-state index in [0.29, 0.717) is 6.04 Å². The number of halogens is 1. The molecule has 3 aromatic rings. The Hall–Kier alpha value is -1.48. The average molecular weight is 479 g/mol. The lowest BCUT2D eigenvalue weighted by Crippen LogP contribution is -2.26. The molecule has 5 nitrogen and oxygen atoms in total. The van der Waals surface area contributed by atoms with E-state index in [9.17, 15) is 0 Å². The van der Waals surface area contributed by atoms with Gasteiger partial charge in [0.05, 0.1) is 0 Å². The molecule has 2 N–H and O–H groups in total. The zero-order chi connectivity index (χ0) is 18.1. The first-order chi connectivity index (χ1) is 12.6. The first kappa shape index (κ1) is 17.9. The maximum atomic E-state index is 4.79. The molecule has 26 heavy (non-hydrogen) atoms. The first-order valence-electron chi connectivity index (χ1n) is 8.95. The Bertz CT molecular complexity index is 897. The van der Waals surface area contributed by atoms with Gasteiger partial charge in [-0.3, -0.25) is 0 Å². The molecule has 2 heterocycles. The summed E-state index contributed by atoms with van der Waals surface area (Å²) in [6.07, 6.45) is 6.55. The predicted molar refractivity (Wildman–Crippen MR) is 118 cm³/mol. The van der Waals surface area contributed by atoms with Crippen molar-refractivity contribution < 1.29 is 0 Å². The number of thiazole rings is 1. The number of fused-ring (bicyclic) bond motifs is 1. The largest absolute Gasteiger partial charge is 0.365 e. The van der Waals surface area contributed by atoms with Gasteiger partial charge in [0.1, 0.15) is 11.8 Å². The molecular formula is C19H22IN5S. The van der Waals surface area contributed by atoms with Crippen LogP contribution < -0.4 is 10.6 Å². The van der Waals surface area contributed by atoms with Crippen molar-refractivity contribution in [1.29, 1.82) is 0 Å². The van der Waals surface area contributed by atoms with Gasteiger partial charge in [0.15, 0.2) is 15.8 Å². The second-order valence-corrected chi connectivity index (χ2v) is 9.62. The minimum atomic E-state index is 0.482. The number of benzene rings is 1. The van der Waals surface area contributed by atoms with E-state index in [1.807, 2.05) is 0 Å². The second kappa shape index (κ2) is 7.64. The van der Waals surface area contributed by atoms with Gasteiger partial charge in [-0.15, -0.1) is 0 Å². The lowest BCUT2D eigenvalue weighted by Gasteiger charge is -2.26. The monoisotopic (exact) mass is 479 g/mol. The van der Waals surface area contributed by atoms with Crippen LogP contribution in [0.2, 0.25) is 0 Å². The summed E-state index contributed by atoms with van der Waals surface area (Å²) >= 11 is 4.13. The van der Waals surface area contributed by atoms with Crippen molar-refractivity contribution in [3.8, 4) is 0 Å². The summed E-state index contributed by atoms with van der Waals surface area (Å²) in [6, 6.07) is 6.78. The smallest absolute Gasteiger partial charge is 0.189 e. The second-order valence-electron chi connectivity index (χ2n) is 6.88. The van der Waals surface area contributed by atoms with Crippen LogP contribution in [0.15, 0.2) is 24.5 Å². The number of alkyl halides is 1. The van der Waals surface area contributed by atoms with Gasteiger partial charge in [-0.1, -0.05) is 52.1 Å². The topological polar surface area (TPSA) is 62.7 Å². The molecule has 0 aliphatic heterocycles. The van der Waals surface area contributed by atoms with E-state index in [1.54, 1.807) is 17.7 Å². The molecule has 0 saturated heterocycles. The molecule has 4 rings (SSSR count). The summed E-state index contributed by atoms with van der Waals surface area (Å²) in [4.78, 5) is 14.6. The van der Waals surface area contributed by atoms with Crippen molar-refractivity contribution in [2.75, 3.05) is 10.6 Å². The summed E-state index contributed by atoms with van der Waals surface area (Å²) in [5, 5.41) is 7.94. The maximum absolute atomic E-state index is 4.79. The molecule has 1 aromatic carbocycles. The van der Waals surface area contributed by atoms with Crippen molar-refractivity contribution in [1.82, 2.24) is 15.0 Å². The highest BCUT2D eigenvalue weighted by Gasteiger charge is 2.21. The number of aromatic nitrogens is 3. The fourth-order valence-electron chi connectivity index (χ4n) is 3.42. The third kappa shape index (κ3) is 3.78. The van der Waals surface area contributed by atoms with Crippen LogP contribution in [0.4, 0.5) is 16.6 Å². The molecule has 0 unspecified atom stereocenters. The molecular weight excluding hydrogens is 457 g/mol. The number of aryl methyl sites for hydroxylation is 2. The summed E-state index contributed by atoms with van der Waals surface area (Å²) in [7, 11) is 0.